The maximum Gasteiger partial charge on any atom is 0.249 e. The topological polar surface area (TPSA) is 89.0 Å². The Balaban J connectivity index is 1.92. The van der Waals surface area contributed by atoms with Crippen molar-refractivity contribution < 1.29 is 19.1 Å². The molecule has 0 heterocycles. The number of aryl methyl sites for hydroxylation is 1. The van der Waals surface area contributed by atoms with Gasteiger partial charge in [0.15, 0.2) is 11.5 Å². The van der Waals surface area contributed by atoms with Gasteiger partial charge in [0.05, 0.1) is 23.5 Å². The quantitative estimate of drug-likeness (QED) is 0.254. The molecule has 2 amide bonds. The molecule has 0 aliphatic heterocycles. The van der Waals surface area contributed by atoms with Crippen LogP contribution in [0, 0.1) is 10.5 Å². The summed E-state index contributed by atoms with van der Waals surface area (Å²) in [5, 5.41) is 6.57. The third-order valence-electron chi connectivity index (χ3n) is 3.60. The van der Waals surface area contributed by atoms with Gasteiger partial charge in [-0.05, 0) is 66.3 Å². The average Bonchev–Trinajstić information content (AvgIpc) is 2.64. The Hall–Kier alpha value is -2.62. The van der Waals surface area contributed by atoms with Crippen LogP contribution in [0.5, 0.6) is 11.5 Å². The Bertz CT molecular complexity index is 866. The normalized spacial score (nSPS) is 10.6. The predicted octanol–water partition coefficient (Wildman–Crippen LogP) is 3.49. The highest BCUT2D eigenvalue weighted by Crippen LogP contribution is 2.33. The number of nitrogens with zero attached hydrogens (tertiary/aromatic N) is 1. The highest BCUT2D eigenvalue weighted by molar-refractivity contribution is 14.1. The van der Waals surface area contributed by atoms with Gasteiger partial charge >= 0.3 is 0 Å². The minimum absolute atomic E-state index is 0.324. The monoisotopic (exact) mass is 495 g/mol. The van der Waals surface area contributed by atoms with Gasteiger partial charge in [-0.3, -0.25) is 9.59 Å². The van der Waals surface area contributed by atoms with Crippen molar-refractivity contribution in [3.63, 3.8) is 0 Å². The van der Waals surface area contributed by atoms with Gasteiger partial charge in [0, 0.05) is 5.69 Å². The minimum Gasteiger partial charge on any atom is -0.492 e. The molecule has 0 fully saturated rings. The van der Waals surface area contributed by atoms with Crippen molar-refractivity contribution in [2.45, 2.75) is 20.3 Å². The fourth-order valence-corrected chi connectivity index (χ4v) is 3.18. The molecule has 2 aromatic rings. The second kappa shape index (κ2) is 10.6. The van der Waals surface area contributed by atoms with Crippen LogP contribution >= 0.6 is 22.6 Å². The Morgan fingerprint density at radius 1 is 1.18 bits per heavy atom. The molecule has 0 aliphatic rings. The number of anilines is 1. The maximum absolute atomic E-state index is 11.9. The molecule has 0 aromatic heterocycles. The van der Waals surface area contributed by atoms with E-state index in [0.717, 1.165) is 14.7 Å². The van der Waals surface area contributed by atoms with E-state index in [1.165, 1.54) is 6.21 Å². The lowest BCUT2D eigenvalue weighted by molar-refractivity contribution is -0.126. The first-order valence-corrected chi connectivity index (χ1v) is 9.69. The number of hydrogen-bond donors (Lipinski definition) is 2. The molecule has 8 heteroatoms. The first-order valence-electron chi connectivity index (χ1n) is 8.61. The molecule has 0 radical (unpaired) electrons. The summed E-state index contributed by atoms with van der Waals surface area (Å²) in [5.41, 5.74) is 4.82. The summed E-state index contributed by atoms with van der Waals surface area (Å²) in [5.74, 6) is 0.335. The van der Waals surface area contributed by atoms with E-state index in [1.54, 1.807) is 25.3 Å². The first kappa shape index (κ1) is 21.7. The van der Waals surface area contributed by atoms with Crippen molar-refractivity contribution in [2.75, 3.05) is 19.0 Å². The molecule has 0 saturated heterocycles. The summed E-state index contributed by atoms with van der Waals surface area (Å²) in [6.07, 6.45) is 1.16. The molecule has 0 spiro atoms. The van der Waals surface area contributed by atoms with E-state index in [2.05, 4.69) is 38.4 Å². The number of halogens is 1. The van der Waals surface area contributed by atoms with E-state index in [0.29, 0.717) is 23.8 Å². The van der Waals surface area contributed by atoms with E-state index < -0.39 is 11.8 Å². The van der Waals surface area contributed by atoms with Gasteiger partial charge in [-0.2, -0.15) is 5.10 Å². The first-order chi connectivity index (χ1) is 13.4. The maximum atomic E-state index is 11.9. The number of carbonyl (C=O) groups excluding carboxylic acids is 2. The Morgan fingerprint density at radius 2 is 1.89 bits per heavy atom. The van der Waals surface area contributed by atoms with Crippen LogP contribution in [0.25, 0.3) is 0 Å². The summed E-state index contributed by atoms with van der Waals surface area (Å²) in [7, 11) is 1.58. The zero-order valence-corrected chi connectivity index (χ0v) is 18.1. The Labute approximate surface area is 177 Å². The SMILES string of the molecule is CCOc1cc(C=NNC(=O)CC(=O)Nc2ccc(C)cc2)cc(I)c1OC. The Kier molecular flexibility index (Phi) is 8.24. The fourth-order valence-electron chi connectivity index (χ4n) is 2.33. The Morgan fingerprint density at radius 3 is 2.54 bits per heavy atom. The van der Waals surface area contributed by atoms with Crippen molar-refractivity contribution in [3.8, 4) is 11.5 Å². The minimum atomic E-state index is -0.505. The molecular formula is C20H22IN3O4. The van der Waals surface area contributed by atoms with Crippen LogP contribution in [0.1, 0.15) is 24.5 Å². The number of rotatable bonds is 8. The van der Waals surface area contributed by atoms with Crippen LogP contribution in [0.3, 0.4) is 0 Å². The molecule has 148 valence electrons. The zero-order valence-electron chi connectivity index (χ0n) is 15.9. The molecule has 2 N–H and O–H groups in total. The summed E-state index contributed by atoms with van der Waals surface area (Å²) in [6.45, 7) is 4.34. The number of benzene rings is 2. The molecule has 2 aromatic carbocycles. The van der Waals surface area contributed by atoms with Crippen molar-refractivity contribution in [2.24, 2.45) is 5.10 Å². The van der Waals surface area contributed by atoms with E-state index >= 15 is 0 Å². The summed E-state index contributed by atoms with van der Waals surface area (Å²) >= 11 is 2.14. The molecule has 0 atom stereocenters. The van der Waals surface area contributed by atoms with E-state index in [1.807, 2.05) is 32.0 Å². The number of hydrogen-bond acceptors (Lipinski definition) is 5. The number of hydrazone groups is 1. The molecule has 0 unspecified atom stereocenters. The van der Waals surface area contributed by atoms with Crippen molar-refractivity contribution in [1.29, 1.82) is 0 Å². The highest BCUT2D eigenvalue weighted by Gasteiger charge is 2.11. The van der Waals surface area contributed by atoms with Crippen molar-refractivity contribution >= 4 is 46.3 Å². The smallest absolute Gasteiger partial charge is 0.249 e. The van der Waals surface area contributed by atoms with Gasteiger partial charge in [0.25, 0.3) is 0 Å². The molecule has 0 saturated carbocycles. The predicted molar refractivity (Wildman–Crippen MR) is 117 cm³/mol. The highest BCUT2D eigenvalue weighted by atomic mass is 127. The van der Waals surface area contributed by atoms with Crippen molar-refractivity contribution in [1.82, 2.24) is 5.43 Å². The van der Waals surface area contributed by atoms with Crippen LogP contribution in [0.2, 0.25) is 0 Å². The average molecular weight is 495 g/mol. The third-order valence-corrected chi connectivity index (χ3v) is 4.40. The van der Waals surface area contributed by atoms with Crippen molar-refractivity contribution in [3.05, 3.63) is 51.1 Å². The second-order valence-corrected chi connectivity index (χ2v) is 7.01. The lowest BCUT2D eigenvalue weighted by Gasteiger charge is -2.11. The third kappa shape index (κ3) is 6.52. The number of methoxy groups -OCH3 is 1. The van der Waals surface area contributed by atoms with E-state index in [-0.39, 0.29) is 6.42 Å². The van der Waals surface area contributed by atoms with Gasteiger partial charge in [-0.25, -0.2) is 5.43 Å². The summed E-state index contributed by atoms with van der Waals surface area (Å²) in [4.78, 5) is 23.8. The van der Waals surface area contributed by atoms with Gasteiger partial charge in [0.1, 0.15) is 6.42 Å². The van der Waals surface area contributed by atoms with Crippen LogP contribution in [0.4, 0.5) is 5.69 Å². The molecule has 0 bridgehead atoms. The summed E-state index contributed by atoms with van der Waals surface area (Å²) < 4.78 is 11.8. The number of amides is 2. The number of carbonyl (C=O) groups is 2. The standard InChI is InChI=1S/C20H22IN3O4/c1-4-28-17-10-14(9-16(21)20(17)27-3)12-22-24-19(26)11-18(25)23-15-7-5-13(2)6-8-15/h5-10,12H,4,11H2,1-3H3,(H,23,25)(H,24,26). The number of nitrogens with one attached hydrogen (secondary N) is 2. The molecule has 2 rings (SSSR count). The van der Waals surface area contributed by atoms with Crippen LogP contribution in [-0.2, 0) is 9.59 Å². The molecule has 0 aliphatic carbocycles. The summed E-state index contributed by atoms with van der Waals surface area (Å²) in [6, 6.07) is 10.9. The van der Waals surface area contributed by atoms with Crippen LogP contribution in [-0.4, -0.2) is 31.7 Å². The molecule has 7 nitrogen and oxygen atoms in total. The number of ether oxygens (including phenoxy) is 2. The fraction of sp³-hybridized carbons (Fsp3) is 0.250. The van der Waals surface area contributed by atoms with Gasteiger partial charge in [-0.15, -0.1) is 0 Å². The largest absolute Gasteiger partial charge is 0.492 e. The van der Waals surface area contributed by atoms with E-state index in [9.17, 15) is 9.59 Å². The molecule has 28 heavy (non-hydrogen) atoms. The van der Waals surface area contributed by atoms with Gasteiger partial charge in [-0.1, -0.05) is 17.7 Å². The van der Waals surface area contributed by atoms with E-state index in [4.69, 9.17) is 9.47 Å². The molecular weight excluding hydrogens is 473 g/mol. The second-order valence-electron chi connectivity index (χ2n) is 5.85. The zero-order chi connectivity index (χ0) is 20.5. The van der Waals surface area contributed by atoms with Crippen LogP contribution in [0.15, 0.2) is 41.5 Å². The van der Waals surface area contributed by atoms with Gasteiger partial charge < -0.3 is 14.8 Å². The van der Waals surface area contributed by atoms with Gasteiger partial charge in [0.2, 0.25) is 11.8 Å². The lowest BCUT2D eigenvalue weighted by Crippen LogP contribution is -2.24. The van der Waals surface area contributed by atoms with Crippen LogP contribution < -0.4 is 20.2 Å². The lowest BCUT2D eigenvalue weighted by atomic mass is 10.2.